The first-order valence-electron chi connectivity index (χ1n) is 6.94. The van der Waals surface area contributed by atoms with Gasteiger partial charge in [-0.3, -0.25) is 0 Å². The second kappa shape index (κ2) is 6.61. The Hall–Kier alpha value is -1.49. The summed E-state index contributed by atoms with van der Waals surface area (Å²) in [4.78, 5) is 11.9. The number of aromatic nitrogens is 1. The molecule has 5 nitrogen and oxygen atoms in total. The SMILES string of the molecule is CCCCOCCOC(=O)c1cc(N)cn1C1CC1. The second-order valence-electron chi connectivity index (χ2n) is 4.90. The number of esters is 1. The lowest BCUT2D eigenvalue weighted by Gasteiger charge is -2.08. The van der Waals surface area contributed by atoms with E-state index in [0.717, 1.165) is 32.3 Å². The summed E-state index contributed by atoms with van der Waals surface area (Å²) in [6.07, 6.45) is 6.16. The van der Waals surface area contributed by atoms with Crippen LogP contribution >= 0.6 is 0 Å². The van der Waals surface area contributed by atoms with E-state index >= 15 is 0 Å². The first-order chi connectivity index (χ1) is 9.22. The number of nitrogens with zero attached hydrogens (tertiary/aromatic N) is 1. The van der Waals surface area contributed by atoms with Crippen LogP contribution in [0.5, 0.6) is 0 Å². The van der Waals surface area contributed by atoms with Crippen molar-refractivity contribution in [1.82, 2.24) is 4.57 Å². The van der Waals surface area contributed by atoms with Crippen LogP contribution in [0, 0.1) is 0 Å². The Labute approximate surface area is 113 Å². The Morgan fingerprint density at radius 2 is 2.21 bits per heavy atom. The topological polar surface area (TPSA) is 66.5 Å². The van der Waals surface area contributed by atoms with Gasteiger partial charge in [-0.25, -0.2) is 4.79 Å². The molecule has 0 spiro atoms. The van der Waals surface area contributed by atoms with Crippen molar-refractivity contribution in [2.75, 3.05) is 25.6 Å². The van der Waals surface area contributed by atoms with Crippen molar-refractivity contribution in [2.45, 2.75) is 38.6 Å². The number of unbranched alkanes of at least 4 members (excludes halogenated alkanes) is 1. The molecule has 1 aliphatic rings. The summed E-state index contributed by atoms with van der Waals surface area (Å²) < 4.78 is 12.5. The average Bonchev–Trinajstić information content (AvgIpc) is 3.16. The van der Waals surface area contributed by atoms with Crippen LogP contribution in [0.15, 0.2) is 12.3 Å². The molecule has 5 heteroatoms. The first kappa shape index (κ1) is 13.9. The highest BCUT2D eigenvalue weighted by Crippen LogP contribution is 2.37. The molecule has 0 aromatic carbocycles. The molecule has 0 atom stereocenters. The van der Waals surface area contributed by atoms with Gasteiger partial charge in [0.15, 0.2) is 0 Å². The van der Waals surface area contributed by atoms with E-state index < -0.39 is 0 Å². The molecular formula is C14H22N2O3. The van der Waals surface area contributed by atoms with Gasteiger partial charge in [0.25, 0.3) is 0 Å². The third-order valence-electron chi connectivity index (χ3n) is 3.12. The minimum atomic E-state index is -0.317. The molecule has 0 saturated heterocycles. The van der Waals surface area contributed by atoms with E-state index in [-0.39, 0.29) is 12.6 Å². The van der Waals surface area contributed by atoms with Crippen molar-refractivity contribution in [3.05, 3.63) is 18.0 Å². The van der Waals surface area contributed by atoms with E-state index in [2.05, 4.69) is 6.92 Å². The van der Waals surface area contributed by atoms with Crippen molar-refractivity contribution in [3.63, 3.8) is 0 Å². The zero-order valence-corrected chi connectivity index (χ0v) is 11.4. The molecule has 1 heterocycles. The molecular weight excluding hydrogens is 244 g/mol. The Bertz CT molecular complexity index is 424. The van der Waals surface area contributed by atoms with Gasteiger partial charge in [-0.1, -0.05) is 13.3 Å². The van der Waals surface area contributed by atoms with Gasteiger partial charge in [-0.2, -0.15) is 0 Å². The summed E-state index contributed by atoms with van der Waals surface area (Å²) in [7, 11) is 0. The van der Waals surface area contributed by atoms with Gasteiger partial charge in [-0.05, 0) is 25.3 Å². The van der Waals surface area contributed by atoms with E-state index in [1.807, 2.05) is 10.8 Å². The molecule has 19 heavy (non-hydrogen) atoms. The Morgan fingerprint density at radius 1 is 1.42 bits per heavy atom. The van der Waals surface area contributed by atoms with Gasteiger partial charge in [0.1, 0.15) is 12.3 Å². The van der Waals surface area contributed by atoms with Gasteiger partial charge in [0.2, 0.25) is 0 Å². The number of carbonyl (C=O) groups is 1. The molecule has 0 bridgehead atoms. The maximum absolute atomic E-state index is 11.9. The van der Waals surface area contributed by atoms with Gasteiger partial charge in [-0.15, -0.1) is 0 Å². The van der Waals surface area contributed by atoms with E-state index in [0.29, 0.717) is 24.0 Å². The molecule has 0 unspecified atom stereocenters. The summed E-state index contributed by atoms with van der Waals surface area (Å²) in [5.41, 5.74) is 6.90. The van der Waals surface area contributed by atoms with Crippen LogP contribution in [0.3, 0.4) is 0 Å². The minimum Gasteiger partial charge on any atom is -0.459 e. The largest absolute Gasteiger partial charge is 0.459 e. The number of nitrogens with two attached hydrogens (primary N) is 1. The van der Waals surface area contributed by atoms with Crippen molar-refractivity contribution >= 4 is 11.7 Å². The number of rotatable bonds is 8. The molecule has 2 N–H and O–H groups in total. The fourth-order valence-corrected chi connectivity index (χ4v) is 1.93. The van der Waals surface area contributed by atoms with E-state index in [1.54, 1.807) is 6.07 Å². The van der Waals surface area contributed by atoms with E-state index in [1.165, 1.54) is 0 Å². The van der Waals surface area contributed by atoms with E-state index in [9.17, 15) is 4.79 Å². The molecule has 1 saturated carbocycles. The maximum Gasteiger partial charge on any atom is 0.355 e. The molecule has 106 valence electrons. The first-order valence-corrected chi connectivity index (χ1v) is 6.94. The summed E-state index contributed by atoms with van der Waals surface area (Å²) in [5, 5.41) is 0. The van der Waals surface area contributed by atoms with Gasteiger partial charge in [0.05, 0.1) is 12.3 Å². The Balaban J connectivity index is 1.76. The molecule has 2 rings (SSSR count). The van der Waals surface area contributed by atoms with Crippen LogP contribution in [0.2, 0.25) is 0 Å². The summed E-state index contributed by atoms with van der Waals surface area (Å²) >= 11 is 0. The van der Waals surface area contributed by atoms with Crippen LogP contribution in [0.1, 0.15) is 49.1 Å². The Morgan fingerprint density at radius 3 is 2.89 bits per heavy atom. The van der Waals surface area contributed by atoms with Gasteiger partial charge in [0, 0.05) is 18.8 Å². The van der Waals surface area contributed by atoms with Crippen LogP contribution in [0.4, 0.5) is 5.69 Å². The van der Waals surface area contributed by atoms with Crippen molar-refractivity contribution in [1.29, 1.82) is 0 Å². The molecule has 0 aliphatic heterocycles. The summed E-state index contributed by atoms with van der Waals surface area (Å²) in [6, 6.07) is 2.10. The van der Waals surface area contributed by atoms with Crippen LogP contribution in [-0.4, -0.2) is 30.4 Å². The highest BCUT2D eigenvalue weighted by Gasteiger charge is 2.28. The van der Waals surface area contributed by atoms with Crippen molar-refractivity contribution < 1.29 is 14.3 Å². The van der Waals surface area contributed by atoms with Crippen LogP contribution < -0.4 is 5.73 Å². The number of anilines is 1. The third kappa shape index (κ3) is 3.99. The highest BCUT2D eigenvalue weighted by molar-refractivity contribution is 5.89. The standard InChI is InChI=1S/C14H22N2O3/c1-2-3-6-18-7-8-19-14(17)13-9-11(15)10-16(13)12-4-5-12/h9-10,12H,2-8,15H2,1H3. The zero-order valence-electron chi connectivity index (χ0n) is 11.4. The number of nitrogen functional groups attached to an aromatic ring is 1. The lowest BCUT2D eigenvalue weighted by molar-refractivity contribution is 0.0303. The van der Waals surface area contributed by atoms with Crippen LogP contribution in [-0.2, 0) is 9.47 Å². The highest BCUT2D eigenvalue weighted by atomic mass is 16.6. The zero-order chi connectivity index (χ0) is 13.7. The van der Waals surface area contributed by atoms with E-state index in [4.69, 9.17) is 15.2 Å². The lowest BCUT2D eigenvalue weighted by atomic mass is 10.4. The molecule has 1 aromatic heterocycles. The van der Waals surface area contributed by atoms with Gasteiger partial charge < -0.3 is 19.8 Å². The smallest absolute Gasteiger partial charge is 0.355 e. The maximum atomic E-state index is 11.9. The number of carbonyl (C=O) groups excluding carboxylic acids is 1. The fourth-order valence-electron chi connectivity index (χ4n) is 1.93. The lowest BCUT2D eigenvalue weighted by Crippen LogP contribution is -2.14. The van der Waals surface area contributed by atoms with Crippen molar-refractivity contribution in [3.8, 4) is 0 Å². The molecule has 0 radical (unpaired) electrons. The molecule has 1 aromatic rings. The average molecular weight is 266 g/mol. The second-order valence-corrected chi connectivity index (χ2v) is 4.90. The number of ether oxygens (including phenoxy) is 2. The number of hydrogen-bond acceptors (Lipinski definition) is 4. The summed E-state index contributed by atoms with van der Waals surface area (Å²) in [5.74, 6) is -0.317. The third-order valence-corrected chi connectivity index (χ3v) is 3.12. The predicted octanol–water partition coefficient (Wildman–Crippen LogP) is 2.38. The molecule has 0 amide bonds. The predicted molar refractivity (Wildman–Crippen MR) is 73.1 cm³/mol. The van der Waals surface area contributed by atoms with Crippen LogP contribution in [0.25, 0.3) is 0 Å². The monoisotopic (exact) mass is 266 g/mol. The normalized spacial score (nSPS) is 14.6. The van der Waals surface area contributed by atoms with Crippen molar-refractivity contribution in [2.24, 2.45) is 0 Å². The minimum absolute atomic E-state index is 0.290. The molecule has 1 fully saturated rings. The Kier molecular flexibility index (Phi) is 4.85. The fraction of sp³-hybridized carbons (Fsp3) is 0.643. The molecule has 1 aliphatic carbocycles. The van der Waals surface area contributed by atoms with Gasteiger partial charge >= 0.3 is 5.97 Å². The number of hydrogen-bond donors (Lipinski definition) is 1. The quantitative estimate of drug-likeness (QED) is 0.579. The summed E-state index contributed by atoms with van der Waals surface area (Å²) in [6.45, 7) is 3.57.